The maximum absolute atomic E-state index is 12.5. The van der Waals surface area contributed by atoms with E-state index in [1.165, 1.54) is 6.08 Å². The van der Waals surface area contributed by atoms with E-state index in [1.807, 2.05) is 42.2 Å². The highest BCUT2D eigenvalue weighted by Crippen LogP contribution is 2.45. The fourth-order valence-electron chi connectivity index (χ4n) is 4.55. The number of pyridine rings is 1. The Morgan fingerprint density at radius 3 is 2.77 bits per heavy atom. The molecule has 0 unspecified atom stereocenters. The molecule has 2 aliphatic rings. The summed E-state index contributed by atoms with van der Waals surface area (Å²) in [5.74, 6) is 0.858. The number of nitriles is 1. The molecule has 1 aromatic carbocycles. The number of ether oxygens (including phenoxy) is 1. The number of anilines is 2. The van der Waals surface area contributed by atoms with E-state index in [9.17, 15) is 14.9 Å². The minimum absolute atomic E-state index is 0.00986. The number of hydrogen-bond donors (Lipinski definition) is 1. The van der Waals surface area contributed by atoms with Crippen LogP contribution >= 0.6 is 0 Å². The molecule has 1 aliphatic carbocycles. The summed E-state index contributed by atoms with van der Waals surface area (Å²) in [5.41, 5.74) is 3.99. The molecule has 35 heavy (non-hydrogen) atoms. The molecule has 2 aromatic rings. The van der Waals surface area contributed by atoms with E-state index < -0.39 is 0 Å². The normalized spacial score (nSPS) is 17.6. The van der Waals surface area contributed by atoms with Crippen molar-refractivity contribution in [3.05, 3.63) is 54.2 Å². The average Bonchev–Trinajstić information content (AvgIpc) is 3.72. The molecule has 1 N–H and O–H groups in total. The number of nitrogens with zero attached hydrogens (tertiary/aromatic N) is 4. The number of carbonyl (C=O) groups excluding carboxylic acids is 2. The van der Waals surface area contributed by atoms with E-state index >= 15 is 0 Å². The SMILES string of the molecule is C=CC(=O)Nc1cccc(-c2cc(C#N)c(N3CCN(C(=O)CCOC)[C@H](C)C3)nc2C2CC2)c1. The fourth-order valence-corrected chi connectivity index (χ4v) is 4.55. The summed E-state index contributed by atoms with van der Waals surface area (Å²) in [6, 6.07) is 11.8. The van der Waals surface area contributed by atoms with Gasteiger partial charge in [0.05, 0.1) is 24.3 Å². The van der Waals surface area contributed by atoms with Crippen molar-refractivity contribution in [1.29, 1.82) is 5.26 Å². The summed E-state index contributed by atoms with van der Waals surface area (Å²) >= 11 is 0. The molecule has 0 spiro atoms. The van der Waals surface area contributed by atoms with Crippen LogP contribution in [0.5, 0.6) is 0 Å². The lowest BCUT2D eigenvalue weighted by molar-refractivity contribution is -0.134. The molecule has 0 radical (unpaired) electrons. The minimum Gasteiger partial charge on any atom is -0.384 e. The zero-order valence-corrected chi connectivity index (χ0v) is 20.3. The third-order valence-electron chi connectivity index (χ3n) is 6.51. The molecule has 1 saturated carbocycles. The largest absolute Gasteiger partial charge is 0.384 e. The van der Waals surface area contributed by atoms with Crippen LogP contribution < -0.4 is 10.2 Å². The topological polar surface area (TPSA) is 98.6 Å². The lowest BCUT2D eigenvalue weighted by atomic mass is 9.98. The Morgan fingerprint density at radius 1 is 1.31 bits per heavy atom. The zero-order valence-electron chi connectivity index (χ0n) is 20.3. The highest BCUT2D eigenvalue weighted by atomic mass is 16.5. The first-order valence-corrected chi connectivity index (χ1v) is 12.0. The van der Waals surface area contributed by atoms with E-state index in [1.54, 1.807) is 7.11 Å². The van der Waals surface area contributed by atoms with Gasteiger partial charge in [-0.05, 0) is 49.6 Å². The number of hydrogen-bond acceptors (Lipinski definition) is 6. The monoisotopic (exact) mass is 473 g/mol. The predicted octanol–water partition coefficient (Wildman–Crippen LogP) is 3.70. The van der Waals surface area contributed by atoms with Gasteiger partial charge < -0.3 is 19.9 Å². The van der Waals surface area contributed by atoms with Crippen molar-refractivity contribution in [2.75, 3.05) is 43.6 Å². The molecule has 0 bridgehead atoms. The van der Waals surface area contributed by atoms with Crippen LogP contribution in [0.1, 0.15) is 43.4 Å². The number of aromatic nitrogens is 1. The summed E-state index contributed by atoms with van der Waals surface area (Å²) < 4.78 is 5.05. The highest BCUT2D eigenvalue weighted by Gasteiger charge is 2.33. The van der Waals surface area contributed by atoms with Crippen LogP contribution in [0.2, 0.25) is 0 Å². The van der Waals surface area contributed by atoms with Gasteiger partial charge in [0.2, 0.25) is 11.8 Å². The first-order chi connectivity index (χ1) is 16.9. The summed E-state index contributed by atoms with van der Waals surface area (Å²) in [7, 11) is 1.60. The molecule has 8 nitrogen and oxygen atoms in total. The number of rotatable bonds is 8. The first kappa shape index (κ1) is 24.4. The number of piperazine rings is 1. The molecule has 1 saturated heterocycles. The molecule has 1 aromatic heterocycles. The van der Waals surface area contributed by atoms with Gasteiger partial charge in [-0.25, -0.2) is 4.98 Å². The molecule has 2 amide bonds. The second kappa shape index (κ2) is 10.7. The number of amides is 2. The van der Waals surface area contributed by atoms with Gasteiger partial charge in [-0.15, -0.1) is 0 Å². The molecular weight excluding hydrogens is 442 g/mol. The maximum atomic E-state index is 12.5. The smallest absolute Gasteiger partial charge is 0.247 e. The molecular formula is C27H31N5O3. The lowest BCUT2D eigenvalue weighted by Crippen LogP contribution is -2.54. The van der Waals surface area contributed by atoms with Crippen LogP contribution in [-0.4, -0.2) is 61.1 Å². The summed E-state index contributed by atoms with van der Waals surface area (Å²) in [5, 5.41) is 12.8. The second-order valence-corrected chi connectivity index (χ2v) is 9.08. The average molecular weight is 474 g/mol. The Labute approximate surface area is 206 Å². The Bertz CT molecular complexity index is 1170. The van der Waals surface area contributed by atoms with Crippen molar-refractivity contribution in [2.45, 2.75) is 38.1 Å². The summed E-state index contributed by atoms with van der Waals surface area (Å²) in [6.07, 6.45) is 3.74. The van der Waals surface area contributed by atoms with Crippen molar-refractivity contribution >= 4 is 23.3 Å². The van der Waals surface area contributed by atoms with Crippen LogP contribution in [0.25, 0.3) is 11.1 Å². The van der Waals surface area contributed by atoms with Crippen molar-refractivity contribution in [3.8, 4) is 17.2 Å². The number of nitrogens with one attached hydrogen (secondary N) is 1. The third-order valence-corrected chi connectivity index (χ3v) is 6.51. The van der Waals surface area contributed by atoms with Crippen molar-refractivity contribution in [3.63, 3.8) is 0 Å². The van der Waals surface area contributed by atoms with E-state index in [-0.39, 0.29) is 17.9 Å². The standard InChI is InChI=1S/C27H31N5O3/c1-4-24(33)29-22-7-5-6-20(14-22)23-15-21(16-28)27(30-26(23)19-8-9-19)31-11-12-32(18(2)17-31)25(34)10-13-35-3/h4-7,14-15,18-19H,1,8-13,17H2,2-3H3,(H,29,33)/t18-/m1/s1. The quantitative estimate of drug-likeness (QED) is 0.587. The van der Waals surface area contributed by atoms with Crippen molar-refractivity contribution < 1.29 is 14.3 Å². The van der Waals surface area contributed by atoms with Gasteiger partial charge in [0, 0.05) is 50.0 Å². The lowest BCUT2D eigenvalue weighted by Gasteiger charge is -2.41. The predicted molar refractivity (Wildman–Crippen MR) is 135 cm³/mol. The second-order valence-electron chi connectivity index (χ2n) is 9.08. The summed E-state index contributed by atoms with van der Waals surface area (Å²) in [4.78, 5) is 33.3. The van der Waals surface area contributed by atoms with Crippen LogP contribution in [0.15, 0.2) is 43.0 Å². The molecule has 1 aliphatic heterocycles. The number of methoxy groups -OCH3 is 1. The van der Waals surface area contributed by atoms with E-state index in [0.717, 1.165) is 29.7 Å². The number of carbonyl (C=O) groups is 2. The third kappa shape index (κ3) is 5.52. The van der Waals surface area contributed by atoms with Crippen LogP contribution in [0, 0.1) is 11.3 Å². The van der Waals surface area contributed by atoms with Gasteiger partial charge in [0.15, 0.2) is 0 Å². The van der Waals surface area contributed by atoms with Gasteiger partial charge in [-0.2, -0.15) is 5.26 Å². The Morgan fingerprint density at radius 2 is 2.11 bits per heavy atom. The molecule has 4 rings (SSSR count). The van der Waals surface area contributed by atoms with E-state index in [4.69, 9.17) is 9.72 Å². The fraction of sp³-hybridized carbons (Fsp3) is 0.407. The van der Waals surface area contributed by atoms with Crippen LogP contribution in [0.4, 0.5) is 11.5 Å². The van der Waals surface area contributed by atoms with E-state index in [0.29, 0.717) is 55.6 Å². The minimum atomic E-state index is -0.273. The molecule has 2 fully saturated rings. The zero-order chi connectivity index (χ0) is 24.9. The Kier molecular flexibility index (Phi) is 7.47. The van der Waals surface area contributed by atoms with Gasteiger partial charge in [0.1, 0.15) is 11.9 Å². The van der Waals surface area contributed by atoms with Crippen LogP contribution in [-0.2, 0) is 14.3 Å². The van der Waals surface area contributed by atoms with E-state index in [2.05, 4.69) is 22.9 Å². The first-order valence-electron chi connectivity index (χ1n) is 12.0. The molecule has 2 heterocycles. The van der Waals surface area contributed by atoms with Gasteiger partial charge in [-0.1, -0.05) is 18.7 Å². The van der Waals surface area contributed by atoms with Crippen molar-refractivity contribution in [2.24, 2.45) is 0 Å². The summed E-state index contributed by atoms with van der Waals surface area (Å²) in [6.45, 7) is 7.77. The van der Waals surface area contributed by atoms with Gasteiger partial charge >= 0.3 is 0 Å². The van der Waals surface area contributed by atoms with Gasteiger partial charge in [-0.3, -0.25) is 9.59 Å². The van der Waals surface area contributed by atoms with Gasteiger partial charge in [0.25, 0.3) is 0 Å². The molecule has 8 heteroatoms. The Hall–Kier alpha value is -3.70. The molecule has 182 valence electrons. The van der Waals surface area contributed by atoms with Crippen LogP contribution in [0.3, 0.4) is 0 Å². The highest BCUT2D eigenvalue weighted by molar-refractivity contribution is 5.99. The Balaban J connectivity index is 1.63. The van der Waals surface area contributed by atoms with Crippen molar-refractivity contribution in [1.82, 2.24) is 9.88 Å². The molecule has 1 atom stereocenters. The maximum Gasteiger partial charge on any atom is 0.247 e. The number of benzene rings is 1.